The zero-order chi connectivity index (χ0) is 32.6. The van der Waals surface area contributed by atoms with E-state index in [0.717, 1.165) is 11.1 Å². The zero-order valence-electron chi connectivity index (χ0n) is 26.4. The third-order valence-electron chi connectivity index (χ3n) is 7.18. The van der Waals surface area contributed by atoms with Gasteiger partial charge in [-0.1, -0.05) is 41.7 Å². The van der Waals surface area contributed by atoms with Crippen LogP contribution in [0.4, 0.5) is 0 Å². The van der Waals surface area contributed by atoms with E-state index in [9.17, 15) is 9.59 Å². The highest BCUT2D eigenvalue weighted by Crippen LogP contribution is 2.32. The maximum absolute atomic E-state index is 14.0. The summed E-state index contributed by atoms with van der Waals surface area (Å²) < 4.78 is 35.7. The molecule has 0 saturated carbocycles. The van der Waals surface area contributed by atoms with Crippen LogP contribution in [-0.4, -0.2) is 51.2 Å². The Labute approximate surface area is 270 Å². The topological polar surface area (TPSA) is 107 Å². The number of rotatable bonds is 13. The van der Waals surface area contributed by atoms with Crippen LogP contribution in [0.2, 0.25) is 0 Å². The lowest BCUT2D eigenvalue weighted by atomic mass is 9.96. The second-order valence-corrected chi connectivity index (χ2v) is 11.1. The fraction of sp³-hybridized carbons (Fsp3) is 0.286. The molecule has 0 amide bonds. The molecule has 1 aliphatic rings. The van der Waals surface area contributed by atoms with Crippen LogP contribution in [0.25, 0.3) is 6.08 Å². The highest BCUT2D eigenvalue weighted by Gasteiger charge is 2.33. The molecular weight excluding hydrogens is 608 g/mol. The minimum Gasteiger partial charge on any atom is -0.497 e. The molecule has 1 unspecified atom stereocenters. The predicted molar refractivity (Wildman–Crippen MR) is 175 cm³/mol. The first-order valence-corrected chi connectivity index (χ1v) is 15.7. The first-order valence-electron chi connectivity index (χ1n) is 14.9. The summed E-state index contributed by atoms with van der Waals surface area (Å²) in [5.41, 5.74) is 2.03. The summed E-state index contributed by atoms with van der Waals surface area (Å²) in [6, 6.07) is 19.5. The number of carbonyl (C=O) groups excluding carboxylic acids is 1. The van der Waals surface area contributed by atoms with Gasteiger partial charge < -0.3 is 28.4 Å². The lowest BCUT2D eigenvalue weighted by molar-refractivity contribution is -0.139. The fourth-order valence-corrected chi connectivity index (χ4v) is 6.13. The summed E-state index contributed by atoms with van der Waals surface area (Å²) in [5, 5.41) is 0. The van der Waals surface area contributed by atoms with Crippen LogP contribution in [0.1, 0.15) is 37.9 Å². The maximum Gasteiger partial charge on any atom is 0.338 e. The lowest BCUT2D eigenvalue weighted by Crippen LogP contribution is -2.39. The van der Waals surface area contributed by atoms with Gasteiger partial charge in [-0.25, -0.2) is 9.79 Å². The van der Waals surface area contributed by atoms with Gasteiger partial charge in [-0.15, -0.1) is 0 Å². The Bertz CT molecular complexity index is 1910. The van der Waals surface area contributed by atoms with Gasteiger partial charge in [-0.2, -0.15) is 0 Å². The van der Waals surface area contributed by atoms with Crippen molar-refractivity contribution < 1.29 is 33.2 Å². The highest BCUT2D eigenvalue weighted by atomic mass is 32.1. The van der Waals surface area contributed by atoms with Crippen molar-refractivity contribution >= 4 is 23.4 Å². The number of benzene rings is 3. The largest absolute Gasteiger partial charge is 0.497 e. The van der Waals surface area contributed by atoms with Crippen LogP contribution < -0.4 is 38.6 Å². The Morgan fingerprint density at radius 2 is 1.57 bits per heavy atom. The van der Waals surface area contributed by atoms with Gasteiger partial charge in [-0.05, 0) is 74.4 Å². The Kier molecular flexibility index (Phi) is 10.4. The number of carbonyl (C=O) groups is 1. The number of thiazole rings is 1. The Morgan fingerprint density at radius 3 is 2.22 bits per heavy atom. The smallest absolute Gasteiger partial charge is 0.338 e. The van der Waals surface area contributed by atoms with Crippen molar-refractivity contribution in [3.05, 3.63) is 109 Å². The number of hydrogen-bond acceptors (Lipinski definition) is 10. The molecule has 0 saturated heterocycles. The van der Waals surface area contributed by atoms with E-state index in [1.54, 1.807) is 56.9 Å². The Hall–Kier alpha value is -5.03. The SMILES string of the molecule is CCOC(=O)C1=C(C)N=c2sc(=Cc3ccc(OCCOc4ccccc4OC)c(OCC)c3)c(=O)n2C1c1ccc(OC)cc1. The van der Waals surface area contributed by atoms with E-state index in [1.165, 1.54) is 11.3 Å². The molecule has 4 aromatic rings. The van der Waals surface area contributed by atoms with Crippen molar-refractivity contribution in [1.29, 1.82) is 0 Å². The maximum atomic E-state index is 14.0. The van der Waals surface area contributed by atoms with Gasteiger partial charge in [0.1, 0.15) is 19.0 Å². The van der Waals surface area contributed by atoms with Crippen LogP contribution in [0, 0.1) is 0 Å². The molecule has 46 heavy (non-hydrogen) atoms. The third-order valence-corrected chi connectivity index (χ3v) is 8.16. The van der Waals surface area contributed by atoms with Crippen molar-refractivity contribution in [2.45, 2.75) is 26.8 Å². The van der Waals surface area contributed by atoms with E-state index in [2.05, 4.69) is 4.99 Å². The van der Waals surface area contributed by atoms with E-state index >= 15 is 0 Å². The number of aromatic nitrogens is 1. The summed E-state index contributed by atoms with van der Waals surface area (Å²) in [6.07, 6.45) is 1.79. The van der Waals surface area contributed by atoms with Crippen molar-refractivity contribution in [2.24, 2.45) is 4.99 Å². The fourth-order valence-electron chi connectivity index (χ4n) is 5.09. The van der Waals surface area contributed by atoms with Crippen molar-refractivity contribution in [3.63, 3.8) is 0 Å². The number of ether oxygens (including phenoxy) is 6. The van der Waals surface area contributed by atoms with Crippen LogP contribution in [-0.2, 0) is 9.53 Å². The molecule has 1 atom stereocenters. The normalized spacial score (nSPS) is 14.3. The van der Waals surface area contributed by atoms with Crippen LogP contribution >= 0.6 is 11.3 Å². The van der Waals surface area contributed by atoms with Crippen LogP contribution in [0.5, 0.6) is 28.7 Å². The number of allylic oxidation sites excluding steroid dienone is 1. The van der Waals surface area contributed by atoms with E-state index in [4.69, 9.17) is 28.4 Å². The van der Waals surface area contributed by atoms with Gasteiger partial charge in [0.05, 0.1) is 49.3 Å². The summed E-state index contributed by atoms with van der Waals surface area (Å²) in [6.45, 7) is 6.61. The number of nitrogens with zero attached hydrogens (tertiary/aromatic N) is 2. The monoisotopic (exact) mass is 644 g/mol. The molecule has 1 aliphatic heterocycles. The highest BCUT2D eigenvalue weighted by molar-refractivity contribution is 7.07. The molecule has 3 aromatic carbocycles. The average molecular weight is 645 g/mol. The standard InChI is InChI=1S/C35H36N2O8S/c1-6-42-29-20-23(12-17-28(29)45-19-18-44-27-11-9-8-10-26(27)41-5)21-30-33(38)37-32(24-13-15-25(40-4)16-14-24)31(34(39)43-7-2)22(3)36-35(37)46-30/h8-17,20-21,32H,6-7,18-19H2,1-5H3. The van der Waals surface area contributed by atoms with Crippen molar-refractivity contribution in [1.82, 2.24) is 4.57 Å². The molecule has 11 heteroatoms. The second-order valence-electron chi connectivity index (χ2n) is 10.1. The molecule has 240 valence electrons. The Morgan fingerprint density at radius 1 is 0.870 bits per heavy atom. The predicted octanol–water partition coefficient (Wildman–Crippen LogP) is 4.67. The molecule has 0 spiro atoms. The first-order chi connectivity index (χ1) is 22.4. The van der Waals surface area contributed by atoms with E-state index < -0.39 is 12.0 Å². The van der Waals surface area contributed by atoms with Gasteiger partial charge in [0.15, 0.2) is 27.8 Å². The van der Waals surface area contributed by atoms with Gasteiger partial charge in [0, 0.05) is 0 Å². The van der Waals surface area contributed by atoms with Gasteiger partial charge >= 0.3 is 5.97 Å². The minimum atomic E-state index is -0.712. The Balaban J connectivity index is 1.45. The molecule has 0 radical (unpaired) electrons. The summed E-state index contributed by atoms with van der Waals surface area (Å²) in [4.78, 5) is 32.3. The quantitative estimate of drug-likeness (QED) is 0.153. The number of methoxy groups -OCH3 is 2. The summed E-state index contributed by atoms with van der Waals surface area (Å²) in [5.74, 6) is 2.53. The minimum absolute atomic E-state index is 0.200. The molecule has 5 rings (SSSR count). The van der Waals surface area contributed by atoms with E-state index in [0.29, 0.717) is 62.6 Å². The third kappa shape index (κ3) is 6.94. The zero-order valence-corrected chi connectivity index (χ0v) is 27.2. The summed E-state index contributed by atoms with van der Waals surface area (Å²) in [7, 11) is 3.18. The average Bonchev–Trinajstić information content (AvgIpc) is 3.37. The number of fused-ring (bicyclic) bond motifs is 1. The number of hydrogen-bond donors (Lipinski definition) is 0. The number of esters is 1. The lowest BCUT2D eigenvalue weighted by Gasteiger charge is -2.24. The van der Waals surface area contributed by atoms with E-state index in [1.807, 2.05) is 55.5 Å². The van der Waals surface area contributed by atoms with Crippen molar-refractivity contribution in [3.8, 4) is 28.7 Å². The molecule has 2 heterocycles. The number of para-hydroxylation sites is 2. The van der Waals surface area contributed by atoms with Gasteiger partial charge in [-0.3, -0.25) is 9.36 Å². The molecular formula is C35H36N2O8S. The first kappa shape index (κ1) is 32.4. The molecule has 0 N–H and O–H groups in total. The van der Waals surface area contributed by atoms with E-state index in [-0.39, 0.29) is 18.8 Å². The summed E-state index contributed by atoms with van der Waals surface area (Å²) >= 11 is 1.25. The molecule has 0 bridgehead atoms. The molecule has 10 nitrogen and oxygen atoms in total. The van der Waals surface area contributed by atoms with Gasteiger partial charge in [0.25, 0.3) is 5.56 Å². The second kappa shape index (κ2) is 14.8. The van der Waals surface area contributed by atoms with Gasteiger partial charge in [0.2, 0.25) is 0 Å². The van der Waals surface area contributed by atoms with Crippen LogP contribution in [0.15, 0.2) is 87.8 Å². The molecule has 1 aromatic heterocycles. The molecule has 0 aliphatic carbocycles. The van der Waals surface area contributed by atoms with Crippen LogP contribution in [0.3, 0.4) is 0 Å². The molecule has 0 fully saturated rings. The van der Waals surface area contributed by atoms with Crippen molar-refractivity contribution in [2.75, 3.05) is 40.6 Å².